The Morgan fingerprint density at radius 1 is 1.04 bits per heavy atom. The zero-order valence-electron chi connectivity index (χ0n) is 15.7. The van der Waals surface area contributed by atoms with E-state index in [1.165, 1.54) is 63.5 Å². The van der Waals surface area contributed by atoms with Gasteiger partial charge < -0.3 is 4.74 Å². The maximum atomic E-state index is 12.1. The summed E-state index contributed by atoms with van der Waals surface area (Å²) < 4.78 is 40.3. The number of aryl methyl sites for hydroxylation is 1. The van der Waals surface area contributed by atoms with E-state index in [4.69, 9.17) is 0 Å². The first-order valence-electron chi connectivity index (χ1n) is 9.97. The largest absolute Gasteiger partial charge is 0.573 e. The van der Waals surface area contributed by atoms with Crippen LogP contribution in [0.5, 0.6) is 5.75 Å². The molecule has 1 aromatic rings. The fraction of sp³-hybridized carbons (Fsp3) is 0.636. The van der Waals surface area contributed by atoms with E-state index < -0.39 is 6.36 Å². The van der Waals surface area contributed by atoms with E-state index in [0.717, 1.165) is 24.3 Å². The van der Waals surface area contributed by atoms with Crippen LogP contribution in [0.2, 0.25) is 0 Å². The van der Waals surface area contributed by atoms with Crippen LogP contribution in [0.4, 0.5) is 13.2 Å². The quantitative estimate of drug-likeness (QED) is 0.325. The third-order valence-corrected chi connectivity index (χ3v) is 5.27. The summed E-state index contributed by atoms with van der Waals surface area (Å²) in [6.07, 6.45) is 12.5. The van der Waals surface area contributed by atoms with Gasteiger partial charge >= 0.3 is 6.36 Å². The van der Waals surface area contributed by atoms with Crippen LogP contribution in [0.3, 0.4) is 0 Å². The number of halogens is 3. The molecule has 0 N–H and O–H groups in total. The van der Waals surface area contributed by atoms with Gasteiger partial charge in [0.25, 0.3) is 0 Å². The number of hydrogen-bond acceptors (Lipinski definition) is 1. The monoisotopic (exact) mass is 368 g/mol. The van der Waals surface area contributed by atoms with Gasteiger partial charge in [0, 0.05) is 0 Å². The number of ether oxygens (including phenoxy) is 1. The summed E-state index contributed by atoms with van der Waals surface area (Å²) in [6, 6.07) is 6.17. The van der Waals surface area contributed by atoms with E-state index >= 15 is 0 Å². The Balaban J connectivity index is 1.64. The Hall–Kier alpha value is -1.45. The summed E-state index contributed by atoms with van der Waals surface area (Å²) in [5, 5.41) is 0. The number of unbranched alkanes of at least 4 members (excludes halogenated alkanes) is 2. The highest BCUT2D eigenvalue weighted by molar-refractivity contribution is 5.27. The SMILES string of the molecule is CCCCC[C@H]1CC[C@H](/C=C/CCc2ccc(OC(F)(F)F)cc2)CC1. The van der Waals surface area contributed by atoms with Crippen molar-refractivity contribution < 1.29 is 17.9 Å². The standard InChI is InChI=1S/C22H31F3O/c1-2-3-4-7-18-10-12-19(13-11-18)8-5-6-9-20-14-16-21(17-15-20)26-22(23,24)25/h5,8,14-19H,2-4,6-7,9-13H2,1H3/b8-5+/t18-,19-. The first-order valence-corrected chi connectivity index (χ1v) is 9.97. The van der Waals surface area contributed by atoms with E-state index in [2.05, 4.69) is 23.8 Å². The minimum absolute atomic E-state index is 0.160. The highest BCUT2D eigenvalue weighted by Gasteiger charge is 2.30. The van der Waals surface area contributed by atoms with Crippen molar-refractivity contribution in [1.29, 1.82) is 0 Å². The highest BCUT2D eigenvalue weighted by atomic mass is 19.4. The summed E-state index contributed by atoms with van der Waals surface area (Å²) in [7, 11) is 0. The van der Waals surface area contributed by atoms with Crippen LogP contribution in [0, 0.1) is 11.8 Å². The van der Waals surface area contributed by atoms with Crippen LogP contribution in [0.15, 0.2) is 36.4 Å². The Bertz CT molecular complexity index is 525. The second-order valence-corrected chi connectivity index (χ2v) is 7.44. The molecule has 0 bridgehead atoms. The molecule has 0 heterocycles. The zero-order valence-corrected chi connectivity index (χ0v) is 15.7. The molecule has 0 radical (unpaired) electrons. The lowest BCUT2D eigenvalue weighted by Crippen LogP contribution is -2.17. The van der Waals surface area contributed by atoms with Crippen LogP contribution < -0.4 is 4.74 Å². The van der Waals surface area contributed by atoms with Crippen LogP contribution in [-0.2, 0) is 6.42 Å². The minimum atomic E-state index is -4.63. The summed E-state index contributed by atoms with van der Waals surface area (Å²) >= 11 is 0. The molecule has 1 saturated carbocycles. The normalized spacial score (nSPS) is 21.2. The number of allylic oxidation sites excluding steroid dienone is 2. The minimum Gasteiger partial charge on any atom is -0.406 e. The van der Waals surface area contributed by atoms with Gasteiger partial charge in [-0.1, -0.05) is 56.9 Å². The molecule has 1 nitrogen and oxygen atoms in total. The van der Waals surface area contributed by atoms with Gasteiger partial charge in [0.15, 0.2) is 0 Å². The molecule has 1 aliphatic rings. The van der Waals surface area contributed by atoms with Crippen LogP contribution >= 0.6 is 0 Å². The van der Waals surface area contributed by atoms with Gasteiger partial charge in [-0.15, -0.1) is 13.2 Å². The maximum Gasteiger partial charge on any atom is 0.573 e. The topological polar surface area (TPSA) is 9.23 Å². The van der Waals surface area contributed by atoms with Crippen molar-refractivity contribution in [2.45, 2.75) is 77.5 Å². The Morgan fingerprint density at radius 2 is 1.73 bits per heavy atom. The lowest BCUT2D eigenvalue weighted by molar-refractivity contribution is -0.274. The van der Waals surface area contributed by atoms with Gasteiger partial charge in [0.05, 0.1) is 0 Å². The number of benzene rings is 1. The molecule has 0 saturated heterocycles. The van der Waals surface area contributed by atoms with Crippen molar-refractivity contribution in [3.05, 3.63) is 42.0 Å². The molecule has 1 aliphatic carbocycles. The van der Waals surface area contributed by atoms with Gasteiger partial charge in [-0.25, -0.2) is 0 Å². The molecule has 0 amide bonds. The zero-order chi connectivity index (χ0) is 18.8. The molecule has 26 heavy (non-hydrogen) atoms. The molecule has 0 spiro atoms. The van der Waals surface area contributed by atoms with Gasteiger partial charge in [-0.3, -0.25) is 0 Å². The van der Waals surface area contributed by atoms with Crippen molar-refractivity contribution in [3.8, 4) is 5.75 Å². The number of rotatable bonds is 9. The van der Waals surface area contributed by atoms with Gasteiger partial charge in [-0.05, 0) is 68.1 Å². The third kappa shape index (κ3) is 8.29. The van der Waals surface area contributed by atoms with Crippen LogP contribution in [0.25, 0.3) is 0 Å². The first-order chi connectivity index (χ1) is 12.5. The lowest BCUT2D eigenvalue weighted by Gasteiger charge is -2.26. The average Bonchev–Trinajstić information content (AvgIpc) is 2.60. The molecule has 0 aromatic heterocycles. The molecule has 0 aliphatic heterocycles. The smallest absolute Gasteiger partial charge is 0.406 e. The summed E-state index contributed by atoms with van der Waals surface area (Å²) in [4.78, 5) is 0. The van der Waals surface area contributed by atoms with Crippen molar-refractivity contribution >= 4 is 0 Å². The summed E-state index contributed by atoms with van der Waals surface area (Å²) in [5.41, 5.74) is 1.03. The van der Waals surface area contributed by atoms with E-state index in [1.807, 2.05) is 0 Å². The fourth-order valence-electron chi connectivity index (χ4n) is 3.75. The maximum absolute atomic E-state index is 12.1. The van der Waals surface area contributed by atoms with E-state index in [-0.39, 0.29) is 5.75 Å². The Labute approximate surface area is 155 Å². The number of alkyl halides is 3. The second kappa shape index (κ2) is 10.6. The molecule has 1 fully saturated rings. The van der Waals surface area contributed by atoms with E-state index in [9.17, 15) is 13.2 Å². The molecular formula is C22H31F3O. The molecule has 0 unspecified atom stereocenters. The molecular weight excluding hydrogens is 337 g/mol. The van der Waals surface area contributed by atoms with Crippen molar-refractivity contribution in [1.82, 2.24) is 0 Å². The van der Waals surface area contributed by atoms with Crippen molar-refractivity contribution in [2.75, 3.05) is 0 Å². The third-order valence-electron chi connectivity index (χ3n) is 5.27. The van der Waals surface area contributed by atoms with E-state index in [1.54, 1.807) is 12.1 Å². The molecule has 2 rings (SSSR count). The average molecular weight is 368 g/mol. The van der Waals surface area contributed by atoms with Crippen molar-refractivity contribution in [3.63, 3.8) is 0 Å². The van der Waals surface area contributed by atoms with Crippen molar-refractivity contribution in [2.24, 2.45) is 11.8 Å². The van der Waals surface area contributed by atoms with Gasteiger partial charge in [0.2, 0.25) is 0 Å². The molecule has 0 atom stereocenters. The first kappa shape index (κ1) is 20.9. The molecule has 146 valence electrons. The number of hydrogen-bond donors (Lipinski definition) is 0. The van der Waals surface area contributed by atoms with Crippen LogP contribution in [-0.4, -0.2) is 6.36 Å². The molecule has 1 aromatic carbocycles. The predicted molar refractivity (Wildman–Crippen MR) is 100 cm³/mol. The van der Waals surface area contributed by atoms with Gasteiger partial charge in [-0.2, -0.15) is 0 Å². The van der Waals surface area contributed by atoms with E-state index in [0.29, 0.717) is 5.92 Å². The highest BCUT2D eigenvalue weighted by Crippen LogP contribution is 2.32. The second-order valence-electron chi connectivity index (χ2n) is 7.44. The Morgan fingerprint density at radius 3 is 2.35 bits per heavy atom. The summed E-state index contributed by atoms with van der Waals surface area (Å²) in [5.74, 6) is 1.48. The predicted octanol–water partition coefficient (Wildman–Crippen LogP) is 7.46. The van der Waals surface area contributed by atoms with Gasteiger partial charge in [0.1, 0.15) is 5.75 Å². The molecule has 4 heteroatoms. The Kier molecular flexibility index (Phi) is 8.53. The fourth-order valence-corrected chi connectivity index (χ4v) is 3.75. The lowest BCUT2D eigenvalue weighted by atomic mass is 9.79. The summed E-state index contributed by atoms with van der Waals surface area (Å²) in [6.45, 7) is 2.26. The van der Waals surface area contributed by atoms with Crippen LogP contribution in [0.1, 0.15) is 70.3 Å².